The molecule has 0 saturated heterocycles. The SMILES string of the molecule is COC(=O)[C@H](N)CCCC[N+](C)(C)C. The Balaban J connectivity index is 3.50. The van der Waals surface area contributed by atoms with Gasteiger partial charge < -0.3 is 15.0 Å². The van der Waals surface area contributed by atoms with Gasteiger partial charge in [-0.3, -0.25) is 4.79 Å². The molecule has 4 nitrogen and oxygen atoms in total. The lowest BCUT2D eigenvalue weighted by Crippen LogP contribution is -2.36. The van der Waals surface area contributed by atoms with Crippen molar-refractivity contribution in [3.8, 4) is 0 Å². The molecule has 0 fully saturated rings. The number of esters is 1. The van der Waals surface area contributed by atoms with Gasteiger partial charge in [0.25, 0.3) is 0 Å². The first-order valence-electron chi connectivity index (χ1n) is 5.00. The van der Waals surface area contributed by atoms with Gasteiger partial charge in [0, 0.05) is 0 Å². The molecule has 0 aliphatic heterocycles. The van der Waals surface area contributed by atoms with Crippen molar-refractivity contribution >= 4 is 5.97 Å². The second-order valence-corrected chi connectivity index (χ2v) is 4.64. The standard InChI is InChI=1S/C10H23N2O2/c1-12(2,3)8-6-5-7-9(11)10(13)14-4/h9H,5-8,11H2,1-4H3/q+1/t9-/m1/s1. The normalized spacial score (nSPS) is 13.8. The Morgan fingerprint density at radius 3 is 2.36 bits per heavy atom. The fraction of sp³-hybridized carbons (Fsp3) is 0.900. The van der Waals surface area contributed by atoms with Gasteiger partial charge in [-0.2, -0.15) is 0 Å². The maximum absolute atomic E-state index is 11.0. The Kier molecular flexibility index (Phi) is 5.72. The van der Waals surface area contributed by atoms with Crippen LogP contribution in [0.4, 0.5) is 0 Å². The van der Waals surface area contributed by atoms with Crippen molar-refractivity contribution in [1.29, 1.82) is 0 Å². The number of nitrogens with two attached hydrogens (primary N) is 1. The number of hydrogen-bond acceptors (Lipinski definition) is 3. The summed E-state index contributed by atoms with van der Waals surface area (Å²) in [5, 5.41) is 0. The molecule has 0 heterocycles. The third-order valence-corrected chi connectivity index (χ3v) is 2.10. The van der Waals surface area contributed by atoms with Crippen LogP contribution in [0.2, 0.25) is 0 Å². The number of quaternary nitrogens is 1. The topological polar surface area (TPSA) is 52.3 Å². The number of ether oxygens (including phenoxy) is 1. The van der Waals surface area contributed by atoms with E-state index in [0.717, 1.165) is 23.9 Å². The molecule has 0 aromatic rings. The molecule has 4 heteroatoms. The number of nitrogens with zero attached hydrogens (tertiary/aromatic N) is 1. The minimum atomic E-state index is -0.451. The summed E-state index contributed by atoms with van der Waals surface area (Å²) in [6, 6.07) is -0.451. The van der Waals surface area contributed by atoms with E-state index in [1.807, 2.05) is 0 Å². The Hall–Kier alpha value is -0.610. The highest BCUT2D eigenvalue weighted by atomic mass is 16.5. The first kappa shape index (κ1) is 13.4. The Bertz CT molecular complexity index is 175. The van der Waals surface area contributed by atoms with Crippen LogP contribution in [0.3, 0.4) is 0 Å². The third kappa shape index (κ3) is 6.86. The van der Waals surface area contributed by atoms with Gasteiger partial charge in [-0.05, 0) is 19.3 Å². The summed E-state index contributed by atoms with van der Waals surface area (Å²) in [7, 11) is 7.83. The van der Waals surface area contributed by atoms with Crippen molar-refractivity contribution < 1.29 is 14.0 Å². The largest absolute Gasteiger partial charge is 0.468 e. The number of unbranched alkanes of at least 4 members (excludes halogenated alkanes) is 1. The maximum atomic E-state index is 11.0. The molecule has 0 amide bonds. The van der Waals surface area contributed by atoms with Crippen LogP contribution >= 0.6 is 0 Å². The average molecular weight is 203 g/mol. The van der Waals surface area contributed by atoms with Gasteiger partial charge in [-0.25, -0.2) is 0 Å². The van der Waals surface area contributed by atoms with Crippen LogP contribution in [0.15, 0.2) is 0 Å². The second kappa shape index (κ2) is 5.98. The van der Waals surface area contributed by atoms with Gasteiger partial charge in [0.1, 0.15) is 6.04 Å². The third-order valence-electron chi connectivity index (χ3n) is 2.10. The molecular formula is C10H23N2O2+. The molecule has 0 saturated carbocycles. The van der Waals surface area contributed by atoms with E-state index < -0.39 is 6.04 Å². The first-order valence-corrected chi connectivity index (χ1v) is 5.00. The Morgan fingerprint density at radius 2 is 1.93 bits per heavy atom. The summed E-state index contributed by atoms with van der Waals surface area (Å²) in [6.07, 6.45) is 2.78. The van der Waals surface area contributed by atoms with Crippen LogP contribution in [0.1, 0.15) is 19.3 Å². The molecule has 0 spiro atoms. The maximum Gasteiger partial charge on any atom is 0.322 e. The Morgan fingerprint density at radius 1 is 1.36 bits per heavy atom. The number of hydrogen-bond donors (Lipinski definition) is 1. The molecule has 0 aliphatic carbocycles. The van der Waals surface area contributed by atoms with E-state index in [2.05, 4.69) is 25.9 Å². The molecule has 0 rings (SSSR count). The van der Waals surface area contributed by atoms with E-state index in [9.17, 15) is 4.79 Å². The fourth-order valence-corrected chi connectivity index (χ4v) is 1.22. The minimum absolute atomic E-state index is 0.310. The fourth-order valence-electron chi connectivity index (χ4n) is 1.22. The monoisotopic (exact) mass is 203 g/mol. The van der Waals surface area contributed by atoms with Crippen LogP contribution in [0.5, 0.6) is 0 Å². The molecule has 14 heavy (non-hydrogen) atoms. The van der Waals surface area contributed by atoms with E-state index in [0.29, 0.717) is 6.42 Å². The van der Waals surface area contributed by atoms with Gasteiger partial charge >= 0.3 is 5.97 Å². The zero-order chi connectivity index (χ0) is 11.2. The van der Waals surface area contributed by atoms with Crippen LogP contribution in [0.25, 0.3) is 0 Å². The number of rotatable bonds is 6. The smallest absolute Gasteiger partial charge is 0.322 e. The zero-order valence-electron chi connectivity index (χ0n) is 9.75. The number of carbonyl (C=O) groups excluding carboxylic acids is 1. The van der Waals surface area contributed by atoms with E-state index in [1.54, 1.807) is 0 Å². The van der Waals surface area contributed by atoms with Gasteiger partial charge in [-0.15, -0.1) is 0 Å². The summed E-state index contributed by atoms with van der Waals surface area (Å²) < 4.78 is 5.49. The summed E-state index contributed by atoms with van der Waals surface area (Å²) in [5.41, 5.74) is 5.60. The van der Waals surface area contributed by atoms with Crippen molar-refractivity contribution in [3.05, 3.63) is 0 Å². The van der Waals surface area contributed by atoms with E-state index >= 15 is 0 Å². The molecule has 0 bridgehead atoms. The summed E-state index contributed by atoms with van der Waals surface area (Å²) in [6.45, 7) is 1.11. The van der Waals surface area contributed by atoms with Crippen LogP contribution in [0, 0.1) is 0 Å². The number of carbonyl (C=O) groups is 1. The van der Waals surface area contributed by atoms with Crippen molar-refractivity contribution in [2.75, 3.05) is 34.8 Å². The molecule has 84 valence electrons. The molecular weight excluding hydrogens is 180 g/mol. The van der Waals surface area contributed by atoms with Gasteiger partial charge in [0.05, 0.1) is 34.8 Å². The van der Waals surface area contributed by atoms with Gasteiger partial charge in [-0.1, -0.05) is 0 Å². The summed E-state index contributed by atoms with van der Waals surface area (Å²) in [4.78, 5) is 11.0. The lowest BCUT2D eigenvalue weighted by atomic mass is 10.1. The number of methoxy groups -OCH3 is 1. The average Bonchev–Trinajstić information content (AvgIpc) is 2.09. The van der Waals surface area contributed by atoms with Gasteiger partial charge in [0.15, 0.2) is 0 Å². The zero-order valence-corrected chi connectivity index (χ0v) is 9.75. The van der Waals surface area contributed by atoms with Crippen molar-refractivity contribution in [3.63, 3.8) is 0 Å². The van der Waals surface area contributed by atoms with E-state index in [4.69, 9.17) is 5.73 Å². The lowest BCUT2D eigenvalue weighted by molar-refractivity contribution is -0.870. The molecule has 1 atom stereocenters. The molecule has 0 aromatic heterocycles. The molecule has 0 aromatic carbocycles. The first-order chi connectivity index (χ1) is 6.37. The van der Waals surface area contributed by atoms with Crippen LogP contribution in [-0.2, 0) is 9.53 Å². The molecule has 2 N–H and O–H groups in total. The molecule has 0 radical (unpaired) electrons. The molecule has 0 unspecified atom stereocenters. The predicted molar refractivity (Wildman–Crippen MR) is 56.7 cm³/mol. The van der Waals surface area contributed by atoms with Crippen LogP contribution in [-0.4, -0.2) is 51.3 Å². The summed E-state index contributed by atoms with van der Waals surface area (Å²) in [5.74, 6) is -0.310. The van der Waals surface area contributed by atoms with E-state index in [-0.39, 0.29) is 5.97 Å². The quantitative estimate of drug-likeness (QED) is 0.385. The van der Waals surface area contributed by atoms with Crippen molar-refractivity contribution in [2.45, 2.75) is 25.3 Å². The van der Waals surface area contributed by atoms with Crippen molar-refractivity contribution in [2.24, 2.45) is 5.73 Å². The highest BCUT2D eigenvalue weighted by Gasteiger charge is 2.13. The minimum Gasteiger partial charge on any atom is -0.468 e. The van der Waals surface area contributed by atoms with E-state index in [1.165, 1.54) is 7.11 Å². The molecule has 0 aliphatic rings. The predicted octanol–water partition coefficient (Wildman–Crippen LogP) is 0.363. The Labute approximate surface area is 86.6 Å². The summed E-state index contributed by atoms with van der Waals surface area (Å²) >= 11 is 0. The van der Waals surface area contributed by atoms with Crippen molar-refractivity contribution in [1.82, 2.24) is 0 Å². The van der Waals surface area contributed by atoms with Gasteiger partial charge in [0.2, 0.25) is 0 Å². The lowest BCUT2D eigenvalue weighted by Gasteiger charge is -2.23. The highest BCUT2D eigenvalue weighted by Crippen LogP contribution is 2.03. The van der Waals surface area contributed by atoms with Crippen LogP contribution < -0.4 is 5.73 Å². The second-order valence-electron chi connectivity index (χ2n) is 4.64. The highest BCUT2D eigenvalue weighted by molar-refractivity contribution is 5.75.